The number of halogens is 3. The van der Waals surface area contributed by atoms with Gasteiger partial charge in [0.2, 0.25) is 0 Å². The maximum Gasteiger partial charge on any atom is 0.485 e. The Bertz CT molecular complexity index is 294. The van der Waals surface area contributed by atoms with Crippen molar-refractivity contribution in [3.8, 4) is 5.75 Å². The first-order valence-electron chi connectivity index (χ1n) is 4.29. The Morgan fingerprint density at radius 2 is 1.64 bits per heavy atom. The highest BCUT2D eigenvalue weighted by Gasteiger charge is 2.32. The van der Waals surface area contributed by atoms with Gasteiger partial charge in [-0.05, 0) is 12.1 Å². The van der Waals surface area contributed by atoms with Crippen molar-refractivity contribution in [3.63, 3.8) is 0 Å². The van der Waals surface area contributed by atoms with E-state index in [1.165, 1.54) is 38.3 Å². The molecular weight excluding hydrogens is 192 g/mol. The average molecular weight is 203 g/mol. The van der Waals surface area contributed by atoms with Crippen LogP contribution < -0.4 is 4.74 Å². The van der Waals surface area contributed by atoms with Gasteiger partial charge in [0, 0.05) is 0 Å². The first-order chi connectivity index (χ1) is 6.45. The lowest BCUT2D eigenvalue weighted by Gasteiger charge is -2.23. The maximum absolute atomic E-state index is 12.3. The molecule has 0 bridgehead atoms. The van der Waals surface area contributed by atoms with Crippen LogP contribution in [0.15, 0.2) is 24.3 Å². The number of methoxy groups -OCH3 is 1. The van der Waals surface area contributed by atoms with Crippen LogP contribution >= 0.6 is 0 Å². The van der Waals surface area contributed by atoms with E-state index in [1.807, 2.05) is 0 Å². The van der Waals surface area contributed by atoms with Crippen molar-refractivity contribution in [2.75, 3.05) is 7.11 Å². The minimum absolute atomic E-state index is 0.276. The summed E-state index contributed by atoms with van der Waals surface area (Å²) in [5, 5.41) is 0. The van der Waals surface area contributed by atoms with Crippen LogP contribution in [0.4, 0.5) is 12.9 Å². The van der Waals surface area contributed by atoms with Crippen LogP contribution in [-0.4, -0.2) is 14.1 Å². The Labute approximate surface area is 80.9 Å². The standard InChI is InChI=1S/C9H11BF3O/c1-7(10(11,12)13)8-3-5-9(14-2)6-4-8/h3-7H,1-2H3/q-1. The smallest absolute Gasteiger partial charge is 0.485 e. The molecule has 1 atom stereocenters. The number of rotatable bonds is 3. The van der Waals surface area contributed by atoms with E-state index in [2.05, 4.69) is 0 Å². The monoisotopic (exact) mass is 203 g/mol. The Kier molecular flexibility index (Phi) is 3.08. The fourth-order valence-corrected chi connectivity index (χ4v) is 1.13. The Morgan fingerprint density at radius 1 is 1.14 bits per heavy atom. The van der Waals surface area contributed by atoms with E-state index in [9.17, 15) is 12.9 Å². The van der Waals surface area contributed by atoms with E-state index in [4.69, 9.17) is 4.74 Å². The fourth-order valence-electron chi connectivity index (χ4n) is 1.13. The lowest BCUT2D eigenvalue weighted by Crippen LogP contribution is -2.24. The molecule has 0 aromatic heterocycles. The van der Waals surface area contributed by atoms with Crippen LogP contribution in [0.1, 0.15) is 18.3 Å². The summed E-state index contributed by atoms with van der Waals surface area (Å²) in [5.74, 6) is -0.809. The highest BCUT2D eigenvalue weighted by atomic mass is 19.4. The maximum atomic E-state index is 12.3. The summed E-state index contributed by atoms with van der Waals surface area (Å²) in [6.07, 6.45) is 0. The van der Waals surface area contributed by atoms with Crippen LogP contribution in [0.5, 0.6) is 5.75 Å². The molecule has 0 saturated carbocycles. The second-order valence-corrected chi connectivity index (χ2v) is 3.19. The lowest BCUT2D eigenvalue weighted by molar-refractivity contribution is 0.414. The van der Waals surface area contributed by atoms with Crippen LogP contribution in [0.2, 0.25) is 0 Å². The summed E-state index contributed by atoms with van der Waals surface area (Å²) in [6.45, 7) is -3.64. The zero-order valence-corrected chi connectivity index (χ0v) is 8.01. The summed E-state index contributed by atoms with van der Waals surface area (Å²) >= 11 is 0. The van der Waals surface area contributed by atoms with Crippen molar-refractivity contribution in [2.45, 2.75) is 12.7 Å². The summed E-state index contributed by atoms with van der Waals surface area (Å²) in [7, 11) is 1.48. The van der Waals surface area contributed by atoms with Gasteiger partial charge >= 0.3 is 6.98 Å². The quantitative estimate of drug-likeness (QED) is 0.685. The van der Waals surface area contributed by atoms with Gasteiger partial charge in [0.1, 0.15) is 5.75 Å². The highest BCUT2D eigenvalue weighted by molar-refractivity contribution is 6.60. The van der Waals surface area contributed by atoms with Crippen molar-refractivity contribution < 1.29 is 17.7 Å². The summed E-state index contributed by atoms with van der Waals surface area (Å²) < 4.78 is 41.9. The predicted molar refractivity (Wildman–Crippen MR) is 50.5 cm³/mol. The second-order valence-electron chi connectivity index (χ2n) is 3.19. The van der Waals surface area contributed by atoms with Gasteiger partial charge in [-0.15, -0.1) is 0 Å². The van der Waals surface area contributed by atoms with E-state index in [0.29, 0.717) is 5.75 Å². The second kappa shape index (κ2) is 3.94. The predicted octanol–water partition coefficient (Wildman–Crippen LogP) is 3.19. The van der Waals surface area contributed by atoms with Gasteiger partial charge in [0.15, 0.2) is 0 Å². The molecule has 0 radical (unpaired) electrons. The van der Waals surface area contributed by atoms with Gasteiger partial charge < -0.3 is 17.7 Å². The van der Waals surface area contributed by atoms with Gasteiger partial charge in [0.25, 0.3) is 0 Å². The summed E-state index contributed by atoms with van der Waals surface area (Å²) in [4.78, 5) is 0. The molecule has 1 unspecified atom stereocenters. The third kappa shape index (κ3) is 2.43. The third-order valence-corrected chi connectivity index (χ3v) is 2.21. The number of hydrogen-bond donors (Lipinski definition) is 0. The van der Waals surface area contributed by atoms with Crippen molar-refractivity contribution in [2.24, 2.45) is 0 Å². The van der Waals surface area contributed by atoms with E-state index < -0.39 is 12.8 Å². The molecule has 1 rings (SSSR count). The molecule has 5 heteroatoms. The molecule has 0 aliphatic rings. The first kappa shape index (κ1) is 11.0. The molecule has 1 aromatic carbocycles. The molecule has 1 aromatic rings. The Morgan fingerprint density at radius 3 is 2.00 bits per heavy atom. The molecule has 0 heterocycles. The van der Waals surface area contributed by atoms with E-state index in [-0.39, 0.29) is 5.56 Å². The minimum Gasteiger partial charge on any atom is -0.497 e. The fraction of sp³-hybridized carbons (Fsp3) is 0.333. The molecular formula is C9H11BF3O-. The number of benzene rings is 1. The zero-order chi connectivity index (χ0) is 10.8. The van der Waals surface area contributed by atoms with Crippen molar-refractivity contribution in [1.29, 1.82) is 0 Å². The number of ether oxygens (including phenoxy) is 1. The third-order valence-electron chi connectivity index (χ3n) is 2.21. The molecule has 0 amide bonds. The molecule has 0 fully saturated rings. The van der Waals surface area contributed by atoms with Gasteiger partial charge in [-0.25, -0.2) is 0 Å². The average Bonchev–Trinajstić information content (AvgIpc) is 2.15. The molecule has 14 heavy (non-hydrogen) atoms. The van der Waals surface area contributed by atoms with Crippen molar-refractivity contribution in [1.82, 2.24) is 0 Å². The van der Waals surface area contributed by atoms with Crippen molar-refractivity contribution in [3.05, 3.63) is 29.8 Å². The molecule has 0 spiro atoms. The number of hydrogen-bond acceptors (Lipinski definition) is 1. The zero-order valence-electron chi connectivity index (χ0n) is 8.01. The molecule has 0 saturated heterocycles. The summed E-state index contributed by atoms with van der Waals surface area (Å²) in [6, 6.07) is 5.96. The largest absolute Gasteiger partial charge is 0.497 e. The molecule has 78 valence electrons. The van der Waals surface area contributed by atoms with Gasteiger partial charge in [-0.3, -0.25) is 0 Å². The van der Waals surface area contributed by atoms with Gasteiger partial charge in [-0.2, -0.15) is 0 Å². The van der Waals surface area contributed by atoms with Crippen LogP contribution in [0.25, 0.3) is 0 Å². The normalized spacial score (nSPS) is 13.8. The van der Waals surface area contributed by atoms with Gasteiger partial charge in [-0.1, -0.05) is 30.4 Å². The highest BCUT2D eigenvalue weighted by Crippen LogP contribution is 2.30. The van der Waals surface area contributed by atoms with Crippen LogP contribution in [0.3, 0.4) is 0 Å². The Balaban J connectivity index is 2.87. The van der Waals surface area contributed by atoms with Gasteiger partial charge in [0.05, 0.1) is 7.11 Å². The topological polar surface area (TPSA) is 9.23 Å². The SMILES string of the molecule is COc1ccc(C(C)[B-](F)(F)F)cc1. The van der Waals surface area contributed by atoms with E-state index in [1.54, 1.807) is 0 Å². The van der Waals surface area contributed by atoms with E-state index >= 15 is 0 Å². The van der Waals surface area contributed by atoms with Crippen LogP contribution in [-0.2, 0) is 0 Å². The first-order valence-corrected chi connectivity index (χ1v) is 4.29. The minimum atomic E-state index is -4.81. The molecule has 1 nitrogen and oxygen atoms in total. The lowest BCUT2D eigenvalue weighted by atomic mass is 9.70. The Hall–Kier alpha value is -1.13. The summed E-state index contributed by atoms with van der Waals surface area (Å²) in [5.41, 5.74) is 0.276. The van der Waals surface area contributed by atoms with Crippen molar-refractivity contribution >= 4 is 6.98 Å². The molecule has 0 aliphatic carbocycles. The van der Waals surface area contributed by atoms with Crippen LogP contribution in [0, 0.1) is 0 Å². The molecule has 0 aliphatic heterocycles. The molecule has 0 N–H and O–H groups in total. The van der Waals surface area contributed by atoms with E-state index in [0.717, 1.165) is 0 Å².